The number of nitrogens with two attached hydrogens (primary N) is 1. The molecule has 0 amide bonds. The van der Waals surface area contributed by atoms with Crippen molar-refractivity contribution in [1.29, 1.82) is 0 Å². The first-order valence-corrected chi connectivity index (χ1v) is 15.5. The van der Waals surface area contributed by atoms with Crippen LogP contribution in [0.25, 0.3) is 11.2 Å². The lowest BCUT2D eigenvalue weighted by atomic mass is 9.96. The summed E-state index contributed by atoms with van der Waals surface area (Å²) in [4.78, 5) is 12.9. The van der Waals surface area contributed by atoms with E-state index in [4.69, 9.17) is 31.2 Å². The van der Waals surface area contributed by atoms with Crippen LogP contribution in [-0.4, -0.2) is 64.5 Å². The molecule has 0 spiro atoms. The summed E-state index contributed by atoms with van der Waals surface area (Å²) in [7, 11) is -2.22. The molecule has 9 nitrogen and oxygen atoms in total. The zero-order chi connectivity index (χ0) is 25.9. The number of benzene rings is 1. The molecule has 0 bridgehead atoms. The number of rotatable bonds is 8. The second-order valence-electron chi connectivity index (χ2n) is 11.3. The Morgan fingerprint density at radius 2 is 1.94 bits per heavy atom. The molecule has 1 saturated carbocycles. The maximum Gasteiger partial charge on any atom is 0.226 e. The van der Waals surface area contributed by atoms with Crippen molar-refractivity contribution in [3.8, 4) is 0 Å². The molecule has 2 aliphatic rings. The number of aliphatic hydroxyl groups is 1. The molecule has 3 N–H and O–H groups in total. The Hall–Kier alpha value is -2.08. The number of fused-ring (bicyclic) bond motifs is 2. The van der Waals surface area contributed by atoms with Gasteiger partial charge in [-0.3, -0.25) is 0 Å². The summed E-state index contributed by atoms with van der Waals surface area (Å²) in [5.41, 5.74) is 7.66. The van der Waals surface area contributed by atoms with Crippen LogP contribution >= 0.6 is 11.6 Å². The highest BCUT2D eigenvalue weighted by atomic mass is 35.5. The molecule has 5 rings (SSSR count). The van der Waals surface area contributed by atoms with Gasteiger partial charge in [0.25, 0.3) is 0 Å². The second kappa shape index (κ2) is 9.04. The molecule has 36 heavy (non-hydrogen) atoms. The summed E-state index contributed by atoms with van der Waals surface area (Å²) in [6.07, 6.45) is 0.655. The van der Waals surface area contributed by atoms with E-state index < -0.39 is 19.8 Å². The minimum absolute atomic E-state index is 0.0154. The third-order valence-corrected chi connectivity index (χ3v) is 12.7. The van der Waals surface area contributed by atoms with Gasteiger partial charge < -0.3 is 29.3 Å². The van der Waals surface area contributed by atoms with E-state index in [0.29, 0.717) is 24.4 Å². The van der Waals surface area contributed by atoms with Gasteiger partial charge in [0, 0.05) is 0 Å². The molecule has 11 heteroatoms. The quantitative estimate of drug-likeness (QED) is 0.331. The Morgan fingerprint density at radius 1 is 1.22 bits per heavy atom. The van der Waals surface area contributed by atoms with E-state index in [1.807, 2.05) is 34.9 Å². The lowest BCUT2D eigenvalue weighted by molar-refractivity contribution is -0.0487. The first-order valence-electron chi connectivity index (χ1n) is 12.2. The van der Waals surface area contributed by atoms with E-state index in [-0.39, 0.29) is 41.0 Å². The first-order chi connectivity index (χ1) is 17.0. The van der Waals surface area contributed by atoms with Gasteiger partial charge >= 0.3 is 0 Å². The predicted octanol–water partition coefficient (Wildman–Crippen LogP) is 3.97. The van der Waals surface area contributed by atoms with Crippen molar-refractivity contribution in [2.75, 3.05) is 18.9 Å². The van der Waals surface area contributed by atoms with Crippen LogP contribution in [0, 0.1) is 5.41 Å². The number of aliphatic hydroxyl groups excluding tert-OH is 1. The Labute approximate surface area is 217 Å². The average molecular weight is 532 g/mol. The summed E-state index contributed by atoms with van der Waals surface area (Å²) in [5, 5.41) is 10.3. The zero-order valence-electron chi connectivity index (χ0n) is 21.3. The van der Waals surface area contributed by atoms with Crippen LogP contribution in [0.15, 0.2) is 36.7 Å². The number of hydrogen-bond acceptors (Lipinski definition) is 8. The summed E-state index contributed by atoms with van der Waals surface area (Å²) in [6.45, 7) is 11.8. The van der Waals surface area contributed by atoms with Crippen LogP contribution in [-0.2, 0) is 20.5 Å². The fourth-order valence-corrected chi connectivity index (χ4v) is 6.58. The molecule has 2 fully saturated rings. The maximum absolute atomic E-state index is 10.2. The third-order valence-electron chi connectivity index (χ3n) is 8.04. The molecule has 1 aliphatic carbocycles. The third kappa shape index (κ3) is 4.13. The summed E-state index contributed by atoms with van der Waals surface area (Å²) in [5.74, 6) is 0.229. The molecule has 0 radical (unpaired) electrons. The lowest BCUT2D eigenvalue weighted by Crippen LogP contribution is -2.51. The van der Waals surface area contributed by atoms with Crippen LogP contribution in [0.1, 0.15) is 32.4 Å². The largest absolute Gasteiger partial charge is 0.410 e. The lowest BCUT2D eigenvalue weighted by Gasteiger charge is -2.42. The molecule has 1 aromatic carbocycles. The predicted molar refractivity (Wildman–Crippen MR) is 140 cm³/mol. The van der Waals surface area contributed by atoms with Crippen LogP contribution in [0.2, 0.25) is 23.4 Å². The number of imidazole rings is 1. The smallest absolute Gasteiger partial charge is 0.226 e. The van der Waals surface area contributed by atoms with Gasteiger partial charge in [-0.15, -0.1) is 0 Å². The molecule has 3 aromatic rings. The Morgan fingerprint density at radius 3 is 2.61 bits per heavy atom. The SMILES string of the molecule is CC(C)(C)[Si](C)(C)OC1[C@@H](CO)O[C@H]2C(n3cnc4c(N)nc(Cl)nc43)C12COCc1ccccc1. The highest BCUT2D eigenvalue weighted by Crippen LogP contribution is 2.68. The standard InChI is InChI=1S/C25H34ClN5O4Si/c1-24(2,3)36(4,5)35-19-16(11-32)34-20-18(25(19,20)13-33-12-15-9-7-6-8-10-15)31-14-28-17-21(27)29-23(26)30-22(17)31/h6-10,14,16,18-20,32H,11-13H2,1-5H3,(H2,27,29,30)/t16-,18?,19?,20+,25?/m1/s1. The molecular formula is C25H34ClN5O4Si. The average Bonchev–Trinajstić information content (AvgIpc) is 3.08. The van der Waals surface area contributed by atoms with Gasteiger partial charge in [-0.25, -0.2) is 4.98 Å². The van der Waals surface area contributed by atoms with Crippen molar-refractivity contribution in [2.24, 2.45) is 5.41 Å². The molecule has 2 aromatic heterocycles. The van der Waals surface area contributed by atoms with Gasteiger partial charge in [0.05, 0.1) is 49.8 Å². The highest BCUT2D eigenvalue weighted by Gasteiger charge is 2.78. The molecule has 194 valence electrons. The molecule has 3 unspecified atom stereocenters. The van der Waals surface area contributed by atoms with E-state index in [1.165, 1.54) is 0 Å². The van der Waals surface area contributed by atoms with Crippen LogP contribution < -0.4 is 5.73 Å². The van der Waals surface area contributed by atoms with Gasteiger partial charge in [0.2, 0.25) is 5.28 Å². The molecular weight excluding hydrogens is 498 g/mol. The maximum atomic E-state index is 10.2. The van der Waals surface area contributed by atoms with Crippen molar-refractivity contribution in [3.05, 3.63) is 47.5 Å². The summed E-state index contributed by atoms with van der Waals surface area (Å²) < 4.78 is 21.7. The van der Waals surface area contributed by atoms with Crippen molar-refractivity contribution >= 4 is 36.9 Å². The molecule has 1 aliphatic heterocycles. The Bertz CT molecular complexity index is 1250. The van der Waals surface area contributed by atoms with E-state index in [1.54, 1.807) is 6.33 Å². The normalized spacial score (nSPS) is 28.0. The van der Waals surface area contributed by atoms with Gasteiger partial charge in [0.1, 0.15) is 11.6 Å². The van der Waals surface area contributed by atoms with Crippen LogP contribution in [0.5, 0.6) is 0 Å². The van der Waals surface area contributed by atoms with Crippen molar-refractivity contribution in [2.45, 2.75) is 69.9 Å². The number of hydrogen-bond donors (Lipinski definition) is 2. The van der Waals surface area contributed by atoms with E-state index in [2.05, 4.69) is 48.8 Å². The Balaban J connectivity index is 1.52. The van der Waals surface area contributed by atoms with E-state index in [9.17, 15) is 5.11 Å². The van der Waals surface area contributed by atoms with Crippen molar-refractivity contribution in [1.82, 2.24) is 19.5 Å². The van der Waals surface area contributed by atoms with Crippen LogP contribution in [0.3, 0.4) is 0 Å². The second-order valence-corrected chi connectivity index (χ2v) is 16.4. The van der Waals surface area contributed by atoms with Gasteiger partial charge in [-0.1, -0.05) is 51.1 Å². The molecule has 1 saturated heterocycles. The fraction of sp³-hybridized carbons (Fsp3) is 0.560. The van der Waals surface area contributed by atoms with Crippen LogP contribution in [0.4, 0.5) is 5.82 Å². The highest BCUT2D eigenvalue weighted by molar-refractivity contribution is 6.74. The minimum atomic E-state index is -2.22. The zero-order valence-corrected chi connectivity index (χ0v) is 23.1. The number of halogens is 1. The van der Waals surface area contributed by atoms with E-state index in [0.717, 1.165) is 5.56 Å². The summed E-state index contributed by atoms with van der Waals surface area (Å²) in [6, 6.07) is 9.88. The van der Waals surface area contributed by atoms with Crippen molar-refractivity contribution in [3.63, 3.8) is 0 Å². The monoisotopic (exact) mass is 531 g/mol. The summed E-state index contributed by atoms with van der Waals surface area (Å²) >= 11 is 6.14. The minimum Gasteiger partial charge on any atom is -0.410 e. The van der Waals surface area contributed by atoms with Crippen molar-refractivity contribution < 1.29 is 19.0 Å². The topological polar surface area (TPSA) is 118 Å². The number of aromatic nitrogens is 4. The Kier molecular flexibility index (Phi) is 6.42. The van der Waals surface area contributed by atoms with E-state index >= 15 is 0 Å². The number of ether oxygens (including phenoxy) is 2. The molecule has 3 heterocycles. The van der Waals surface area contributed by atoms with Gasteiger partial charge in [0.15, 0.2) is 19.8 Å². The molecule has 5 atom stereocenters. The first kappa shape index (κ1) is 25.6. The van der Waals surface area contributed by atoms with Gasteiger partial charge in [-0.05, 0) is 35.3 Å². The number of nitrogen functional groups attached to an aromatic ring is 1. The number of nitrogens with zero attached hydrogens (tertiary/aromatic N) is 4. The fourth-order valence-electron chi connectivity index (χ4n) is 5.05. The number of anilines is 1. The van der Waals surface area contributed by atoms with Gasteiger partial charge in [-0.2, -0.15) is 9.97 Å².